The van der Waals surface area contributed by atoms with Gasteiger partial charge >= 0.3 is 0 Å². The average molecular weight is 619 g/mol. The molecule has 8 nitrogen and oxygen atoms in total. The predicted octanol–water partition coefficient (Wildman–Crippen LogP) is 4.40. The summed E-state index contributed by atoms with van der Waals surface area (Å²) in [5.74, 6) is -0.725. The Morgan fingerprint density at radius 3 is 2.32 bits per heavy atom. The van der Waals surface area contributed by atoms with Gasteiger partial charge in [0.15, 0.2) is 0 Å². The van der Waals surface area contributed by atoms with Gasteiger partial charge in [-0.1, -0.05) is 54.1 Å². The average Bonchev–Trinajstić information content (AvgIpc) is 3.50. The molecule has 9 heteroatoms. The zero-order valence-electron chi connectivity index (χ0n) is 26.5. The first-order valence-electron chi connectivity index (χ1n) is 15.3. The van der Waals surface area contributed by atoms with Crippen molar-refractivity contribution < 1.29 is 19.5 Å². The van der Waals surface area contributed by atoms with E-state index in [9.17, 15) is 19.5 Å². The molecule has 0 bridgehead atoms. The summed E-state index contributed by atoms with van der Waals surface area (Å²) in [6.07, 6.45) is 3.39. The summed E-state index contributed by atoms with van der Waals surface area (Å²) < 4.78 is 0. The van der Waals surface area contributed by atoms with E-state index in [0.29, 0.717) is 45.2 Å². The van der Waals surface area contributed by atoms with Crippen LogP contribution in [0, 0.1) is 0 Å². The summed E-state index contributed by atoms with van der Waals surface area (Å²) in [5, 5.41) is 14.1. The van der Waals surface area contributed by atoms with Crippen molar-refractivity contribution in [3.8, 4) is 0 Å². The third-order valence-electron chi connectivity index (χ3n) is 8.30. The van der Waals surface area contributed by atoms with Gasteiger partial charge in [0.25, 0.3) is 0 Å². The zero-order valence-corrected chi connectivity index (χ0v) is 27.3. The van der Waals surface area contributed by atoms with Crippen LogP contribution in [0.25, 0.3) is 10.8 Å². The molecule has 44 heavy (non-hydrogen) atoms. The number of likely N-dealkylation sites (tertiary alicyclic amines) is 1. The number of thiophene rings is 1. The van der Waals surface area contributed by atoms with E-state index in [2.05, 4.69) is 6.07 Å². The van der Waals surface area contributed by atoms with Crippen LogP contribution < -0.4 is 5.73 Å². The van der Waals surface area contributed by atoms with Gasteiger partial charge in [-0.2, -0.15) is 0 Å². The third kappa shape index (κ3) is 8.77. The number of carbonyl (C=O) groups is 3. The van der Waals surface area contributed by atoms with Crippen LogP contribution in [0.2, 0.25) is 0 Å². The highest BCUT2D eigenvalue weighted by molar-refractivity contribution is 7.09. The molecule has 0 spiro atoms. The van der Waals surface area contributed by atoms with E-state index in [0.717, 1.165) is 26.8 Å². The zero-order chi connectivity index (χ0) is 32.0. The van der Waals surface area contributed by atoms with Gasteiger partial charge in [0.05, 0.1) is 6.10 Å². The number of aliphatic hydroxyl groups excluding tert-OH is 1. The number of hydrogen-bond donors (Lipinski definition) is 2. The van der Waals surface area contributed by atoms with Crippen molar-refractivity contribution in [3.05, 3.63) is 82.1 Å². The Bertz CT molecular complexity index is 1470. The molecular formula is C35H46N4O4S. The highest BCUT2D eigenvalue weighted by Gasteiger charge is 2.37. The fraction of sp³-hybridized carbons (Fsp3) is 0.457. The number of nitrogens with two attached hydrogens (primary N) is 1. The predicted molar refractivity (Wildman–Crippen MR) is 177 cm³/mol. The van der Waals surface area contributed by atoms with Crippen LogP contribution in [0.5, 0.6) is 0 Å². The number of carbonyl (C=O) groups excluding carboxylic acids is 3. The minimum Gasteiger partial charge on any atom is -0.393 e. The Morgan fingerprint density at radius 1 is 1.00 bits per heavy atom. The molecule has 0 aliphatic carbocycles. The molecule has 1 aliphatic heterocycles. The summed E-state index contributed by atoms with van der Waals surface area (Å²) in [7, 11) is 3.32. The first kappa shape index (κ1) is 33.4. The van der Waals surface area contributed by atoms with Gasteiger partial charge in [-0.05, 0) is 67.8 Å². The molecule has 1 saturated heterocycles. The fourth-order valence-electron chi connectivity index (χ4n) is 5.91. The van der Waals surface area contributed by atoms with Gasteiger partial charge < -0.3 is 25.5 Å². The quantitative estimate of drug-likeness (QED) is 0.310. The molecule has 1 aliphatic rings. The summed E-state index contributed by atoms with van der Waals surface area (Å²) in [4.78, 5) is 47.8. The second-order valence-corrected chi connectivity index (χ2v) is 13.8. The summed E-state index contributed by atoms with van der Waals surface area (Å²) >= 11 is 1.55. The van der Waals surface area contributed by atoms with Gasteiger partial charge in [0, 0.05) is 56.5 Å². The molecule has 1 aromatic heterocycles. The maximum atomic E-state index is 14.5. The second kappa shape index (κ2) is 14.5. The van der Waals surface area contributed by atoms with Crippen LogP contribution in [-0.4, -0.2) is 88.4 Å². The minimum absolute atomic E-state index is 0.138. The molecule has 2 heterocycles. The Labute approximate surface area is 265 Å². The Morgan fingerprint density at radius 2 is 1.68 bits per heavy atom. The van der Waals surface area contributed by atoms with Crippen molar-refractivity contribution in [2.45, 2.75) is 76.6 Å². The SMILES string of the molecule is C/C(=C\C(=O)N(C)[C@H](Cc1ccc2ccccc2c1)C(=O)N(C)C(Cc1cccs1)C(=O)N1CCC(O)CC1)CC(C)(C)N. The van der Waals surface area contributed by atoms with Crippen molar-refractivity contribution in [2.75, 3.05) is 27.2 Å². The maximum Gasteiger partial charge on any atom is 0.246 e. The van der Waals surface area contributed by atoms with E-state index >= 15 is 0 Å². The number of aliphatic hydroxyl groups is 1. The number of hydrogen-bond acceptors (Lipinski definition) is 6. The number of piperidine rings is 1. The molecule has 236 valence electrons. The smallest absolute Gasteiger partial charge is 0.246 e. The first-order chi connectivity index (χ1) is 20.8. The van der Waals surface area contributed by atoms with Crippen molar-refractivity contribution in [2.24, 2.45) is 5.73 Å². The lowest BCUT2D eigenvalue weighted by Crippen LogP contribution is -2.57. The van der Waals surface area contributed by atoms with Crippen molar-refractivity contribution in [1.29, 1.82) is 0 Å². The molecular weight excluding hydrogens is 572 g/mol. The molecule has 4 rings (SSSR count). The van der Waals surface area contributed by atoms with Gasteiger partial charge in [-0.3, -0.25) is 14.4 Å². The molecule has 0 radical (unpaired) electrons. The number of benzene rings is 2. The molecule has 2 aromatic carbocycles. The third-order valence-corrected chi connectivity index (χ3v) is 9.20. The summed E-state index contributed by atoms with van der Waals surface area (Å²) in [5.41, 5.74) is 7.47. The van der Waals surface area contributed by atoms with Gasteiger partial charge in [-0.15, -0.1) is 11.3 Å². The molecule has 1 unspecified atom stereocenters. The molecule has 1 fully saturated rings. The number of amides is 3. The van der Waals surface area contributed by atoms with E-state index < -0.39 is 23.7 Å². The molecule has 3 aromatic rings. The van der Waals surface area contributed by atoms with E-state index in [1.807, 2.05) is 74.7 Å². The van der Waals surface area contributed by atoms with Crippen molar-refractivity contribution in [3.63, 3.8) is 0 Å². The second-order valence-electron chi connectivity index (χ2n) is 12.8. The highest BCUT2D eigenvalue weighted by atomic mass is 32.1. The molecule has 3 N–H and O–H groups in total. The van der Waals surface area contributed by atoms with Crippen LogP contribution in [0.3, 0.4) is 0 Å². The Balaban J connectivity index is 1.66. The monoisotopic (exact) mass is 618 g/mol. The number of likely N-dealkylation sites (N-methyl/N-ethyl adjacent to an activating group) is 2. The van der Waals surface area contributed by atoms with Gasteiger partial charge in [0.2, 0.25) is 17.7 Å². The van der Waals surface area contributed by atoms with E-state index in [-0.39, 0.29) is 17.7 Å². The number of nitrogens with zero attached hydrogens (tertiary/aromatic N) is 3. The minimum atomic E-state index is -0.842. The van der Waals surface area contributed by atoms with Crippen LogP contribution in [0.1, 0.15) is 50.5 Å². The van der Waals surface area contributed by atoms with Crippen LogP contribution in [-0.2, 0) is 27.2 Å². The number of fused-ring (bicyclic) bond motifs is 1. The van der Waals surface area contributed by atoms with Crippen LogP contribution in [0.15, 0.2) is 71.6 Å². The number of rotatable bonds is 11. The summed E-state index contributed by atoms with van der Waals surface area (Å²) in [6, 6.07) is 16.4. The van der Waals surface area contributed by atoms with Crippen LogP contribution in [0.4, 0.5) is 0 Å². The lowest BCUT2D eigenvalue weighted by atomic mass is 9.96. The van der Waals surface area contributed by atoms with Gasteiger partial charge in [0.1, 0.15) is 12.1 Å². The Kier molecular flexibility index (Phi) is 11.0. The standard InChI is InChI=1S/C35H46N4O4S/c1-24(23-35(2,3)36)19-32(41)37(4)30(21-25-12-13-26-9-6-7-10-27(26)20-25)33(42)38(5)31(22-29-11-8-18-44-29)34(43)39-16-14-28(40)15-17-39/h6-13,18-20,28,30-31,40H,14-17,21-23,36H2,1-5H3/b24-19+/t30-,31?/m1/s1. The summed E-state index contributed by atoms with van der Waals surface area (Å²) in [6.45, 7) is 6.59. The first-order valence-corrected chi connectivity index (χ1v) is 16.2. The molecule has 0 saturated carbocycles. The van der Waals surface area contributed by atoms with Gasteiger partial charge in [-0.25, -0.2) is 0 Å². The Hall–Kier alpha value is -3.53. The normalized spacial score (nSPS) is 16.1. The highest BCUT2D eigenvalue weighted by Crippen LogP contribution is 2.23. The topological polar surface area (TPSA) is 107 Å². The largest absolute Gasteiger partial charge is 0.393 e. The lowest BCUT2D eigenvalue weighted by Gasteiger charge is -2.38. The van der Waals surface area contributed by atoms with Crippen molar-refractivity contribution in [1.82, 2.24) is 14.7 Å². The van der Waals surface area contributed by atoms with E-state index in [4.69, 9.17) is 5.73 Å². The van der Waals surface area contributed by atoms with Crippen molar-refractivity contribution >= 4 is 39.8 Å². The molecule has 3 amide bonds. The lowest BCUT2D eigenvalue weighted by molar-refractivity contribution is -0.150. The van der Waals surface area contributed by atoms with E-state index in [1.54, 1.807) is 36.4 Å². The van der Waals surface area contributed by atoms with E-state index in [1.165, 1.54) is 9.80 Å². The maximum absolute atomic E-state index is 14.5. The molecule has 2 atom stereocenters. The van der Waals surface area contributed by atoms with Crippen LogP contribution >= 0.6 is 11.3 Å². The fourth-order valence-corrected chi connectivity index (χ4v) is 6.65.